The normalized spacial score (nSPS) is 11.8. The van der Waals surface area contributed by atoms with Crippen molar-refractivity contribution < 1.29 is 9.53 Å². The maximum atomic E-state index is 11.8. The van der Waals surface area contributed by atoms with Gasteiger partial charge in [-0.3, -0.25) is 4.79 Å². The summed E-state index contributed by atoms with van der Waals surface area (Å²) in [5.74, 6) is 0.181. The summed E-state index contributed by atoms with van der Waals surface area (Å²) in [7, 11) is 1.63. The number of methoxy groups -OCH3 is 1. The van der Waals surface area contributed by atoms with Crippen molar-refractivity contribution >= 4 is 17.1 Å². The Kier molecular flexibility index (Phi) is 4.21. The number of rotatable bonds is 5. The van der Waals surface area contributed by atoms with Crippen LogP contribution < -0.4 is 0 Å². The summed E-state index contributed by atoms with van der Waals surface area (Å²) in [6.07, 6.45) is 0.854. The van der Waals surface area contributed by atoms with Crippen LogP contribution in [-0.4, -0.2) is 23.5 Å². The number of aromatic nitrogens is 1. The minimum absolute atomic E-state index is 0.181. The summed E-state index contributed by atoms with van der Waals surface area (Å²) in [4.78, 5) is 17.3. The van der Waals surface area contributed by atoms with Crippen LogP contribution in [0.5, 0.6) is 0 Å². The second-order valence-electron chi connectivity index (χ2n) is 4.61. The summed E-state index contributed by atoms with van der Waals surface area (Å²) in [5.41, 5.74) is 0.650. The topological polar surface area (TPSA) is 39.2 Å². The Labute approximate surface area is 101 Å². The van der Waals surface area contributed by atoms with Crippen molar-refractivity contribution in [2.45, 2.75) is 46.1 Å². The molecule has 0 bridgehead atoms. The van der Waals surface area contributed by atoms with E-state index in [-0.39, 0.29) is 11.4 Å². The van der Waals surface area contributed by atoms with Crippen molar-refractivity contribution in [3.8, 4) is 0 Å². The Balaban J connectivity index is 2.58. The zero-order valence-electron chi connectivity index (χ0n) is 10.6. The van der Waals surface area contributed by atoms with E-state index in [0.717, 1.165) is 10.7 Å². The van der Waals surface area contributed by atoms with Crippen LogP contribution in [0, 0.1) is 13.8 Å². The predicted octanol–water partition coefficient (Wildman–Crippen LogP) is 2.69. The molecular formula is C12H19NO2S. The first-order valence-corrected chi connectivity index (χ1v) is 6.15. The Morgan fingerprint density at radius 1 is 1.44 bits per heavy atom. The quantitative estimate of drug-likeness (QED) is 0.795. The van der Waals surface area contributed by atoms with Crippen molar-refractivity contribution in [1.82, 2.24) is 4.98 Å². The number of ether oxygens (including phenoxy) is 1. The van der Waals surface area contributed by atoms with Gasteiger partial charge in [0.1, 0.15) is 10.8 Å². The molecule has 0 atom stereocenters. The lowest BCUT2D eigenvalue weighted by molar-refractivity contribution is -0.123. The van der Waals surface area contributed by atoms with Gasteiger partial charge in [0.25, 0.3) is 0 Å². The second kappa shape index (κ2) is 5.06. The largest absolute Gasteiger partial charge is 0.378 e. The third-order valence-electron chi connectivity index (χ3n) is 2.60. The molecule has 0 saturated carbocycles. The van der Waals surface area contributed by atoms with E-state index < -0.39 is 0 Å². The number of ketones is 1. The molecule has 1 aromatic heterocycles. The second-order valence-corrected chi connectivity index (χ2v) is 5.89. The summed E-state index contributed by atoms with van der Waals surface area (Å²) >= 11 is 1.60. The molecular weight excluding hydrogens is 222 g/mol. The fourth-order valence-corrected chi connectivity index (χ4v) is 2.36. The van der Waals surface area contributed by atoms with Crippen LogP contribution in [0.25, 0.3) is 0 Å². The lowest BCUT2D eigenvalue weighted by atomic mass is 10.0. The molecule has 90 valence electrons. The summed E-state index contributed by atoms with van der Waals surface area (Å²) in [6.45, 7) is 7.84. The average Bonchev–Trinajstić information content (AvgIpc) is 2.44. The first-order chi connectivity index (χ1) is 7.34. The highest BCUT2D eigenvalue weighted by Crippen LogP contribution is 2.19. The minimum atomic E-state index is -0.377. The van der Waals surface area contributed by atoms with Gasteiger partial charge in [0, 0.05) is 18.4 Å². The van der Waals surface area contributed by atoms with Crippen LogP contribution in [0.15, 0.2) is 0 Å². The van der Waals surface area contributed by atoms with Gasteiger partial charge in [-0.05, 0) is 27.7 Å². The number of aryl methyl sites for hydroxylation is 2. The van der Waals surface area contributed by atoms with E-state index in [2.05, 4.69) is 4.98 Å². The number of Topliss-reactive ketones (excluding diaryl/α,β-unsaturated/α-hetero) is 1. The third kappa shape index (κ3) is 3.68. The first kappa shape index (κ1) is 13.3. The third-order valence-corrected chi connectivity index (χ3v) is 3.67. The van der Waals surface area contributed by atoms with E-state index in [9.17, 15) is 4.79 Å². The molecule has 1 aromatic rings. The van der Waals surface area contributed by atoms with Crippen molar-refractivity contribution in [2.75, 3.05) is 7.11 Å². The monoisotopic (exact) mass is 241 g/mol. The molecule has 4 heteroatoms. The number of carbonyl (C=O) groups is 1. The van der Waals surface area contributed by atoms with Gasteiger partial charge in [0.15, 0.2) is 0 Å². The number of nitrogens with zero attached hydrogens (tertiary/aromatic N) is 1. The minimum Gasteiger partial charge on any atom is -0.378 e. The van der Waals surface area contributed by atoms with E-state index in [0.29, 0.717) is 12.8 Å². The lowest BCUT2D eigenvalue weighted by Crippen LogP contribution is -2.27. The molecule has 0 aromatic carbocycles. The SMILES string of the molecule is COC(C)(C)CC(=O)Cc1nc(C)c(C)s1. The highest BCUT2D eigenvalue weighted by atomic mass is 32.1. The van der Waals surface area contributed by atoms with Crippen molar-refractivity contribution in [3.05, 3.63) is 15.6 Å². The molecule has 0 radical (unpaired) electrons. The highest BCUT2D eigenvalue weighted by molar-refractivity contribution is 7.11. The molecule has 0 N–H and O–H groups in total. The van der Waals surface area contributed by atoms with Crippen LogP contribution in [0.2, 0.25) is 0 Å². The zero-order chi connectivity index (χ0) is 12.3. The van der Waals surface area contributed by atoms with Crippen molar-refractivity contribution in [3.63, 3.8) is 0 Å². The summed E-state index contributed by atoms with van der Waals surface area (Å²) < 4.78 is 5.24. The summed E-state index contributed by atoms with van der Waals surface area (Å²) in [6, 6.07) is 0. The molecule has 0 aliphatic rings. The Morgan fingerprint density at radius 3 is 2.50 bits per heavy atom. The fourth-order valence-electron chi connectivity index (χ4n) is 1.39. The highest BCUT2D eigenvalue weighted by Gasteiger charge is 2.21. The standard InChI is InChI=1S/C12H19NO2S/c1-8-9(2)16-11(13-8)6-10(14)7-12(3,4)15-5/h6-7H2,1-5H3. The first-order valence-electron chi connectivity index (χ1n) is 5.34. The number of hydrogen-bond donors (Lipinski definition) is 0. The molecule has 3 nitrogen and oxygen atoms in total. The van der Waals surface area contributed by atoms with E-state index in [1.807, 2.05) is 27.7 Å². The molecule has 1 rings (SSSR count). The van der Waals surface area contributed by atoms with E-state index in [1.54, 1.807) is 18.4 Å². The average molecular weight is 241 g/mol. The van der Waals surface area contributed by atoms with Crippen LogP contribution in [0.1, 0.15) is 35.8 Å². The van der Waals surface area contributed by atoms with Gasteiger partial charge in [-0.2, -0.15) is 0 Å². The zero-order valence-corrected chi connectivity index (χ0v) is 11.4. The van der Waals surface area contributed by atoms with Crippen LogP contribution in [0.4, 0.5) is 0 Å². The van der Waals surface area contributed by atoms with Gasteiger partial charge < -0.3 is 4.74 Å². The molecule has 0 unspecified atom stereocenters. The fraction of sp³-hybridized carbons (Fsp3) is 0.667. The summed E-state index contributed by atoms with van der Waals surface area (Å²) in [5, 5.41) is 0.909. The number of carbonyl (C=O) groups excluding carboxylic acids is 1. The molecule has 0 aliphatic carbocycles. The van der Waals surface area contributed by atoms with Gasteiger partial charge in [-0.1, -0.05) is 0 Å². The molecule has 1 heterocycles. The van der Waals surface area contributed by atoms with Gasteiger partial charge in [-0.15, -0.1) is 11.3 Å². The Morgan fingerprint density at radius 2 is 2.06 bits per heavy atom. The van der Waals surface area contributed by atoms with Crippen LogP contribution in [-0.2, 0) is 16.0 Å². The van der Waals surface area contributed by atoms with Crippen LogP contribution >= 0.6 is 11.3 Å². The molecule has 16 heavy (non-hydrogen) atoms. The molecule has 0 amide bonds. The van der Waals surface area contributed by atoms with Gasteiger partial charge >= 0.3 is 0 Å². The molecule has 0 saturated heterocycles. The number of thiazole rings is 1. The van der Waals surface area contributed by atoms with Crippen molar-refractivity contribution in [2.24, 2.45) is 0 Å². The maximum absolute atomic E-state index is 11.8. The van der Waals surface area contributed by atoms with Gasteiger partial charge in [0.05, 0.1) is 17.7 Å². The van der Waals surface area contributed by atoms with E-state index in [1.165, 1.54) is 4.88 Å². The smallest absolute Gasteiger partial charge is 0.142 e. The maximum Gasteiger partial charge on any atom is 0.142 e. The van der Waals surface area contributed by atoms with E-state index >= 15 is 0 Å². The molecule has 0 aliphatic heterocycles. The number of hydrogen-bond acceptors (Lipinski definition) is 4. The molecule has 0 spiro atoms. The van der Waals surface area contributed by atoms with Gasteiger partial charge in [-0.25, -0.2) is 4.98 Å². The predicted molar refractivity (Wildman–Crippen MR) is 66.0 cm³/mol. The van der Waals surface area contributed by atoms with E-state index in [4.69, 9.17) is 4.74 Å². The van der Waals surface area contributed by atoms with Crippen molar-refractivity contribution in [1.29, 1.82) is 0 Å². The Hall–Kier alpha value is -0.740. The Bertz CT molecular complexity index is 363. The molecule has 0 fully saturated rings. The van der Waals surface area contributed by atoms with Crippen LogP contribution in [0.3, 0.4) is 0 Å². The lowest BCUT2D eigenvalue weighted by Gasteiger charge is -2.21. The van der Waals surface area contributed by atoms with Gasteiger partial charge in [0.2, 0.25) is 0 Å².